The van der Waals surface area contributed by atoms with Crippen molar-refractivity contribution in [2.24, 2.45) is 0 Å². The second kappa shape index (κ2) is 7.22. The number of urea groups is 1. The van der Waals surface area contributed by atoms with Gasteiger partial charge in [0.15, 0.2) is 6.61 Å². The molecule has 24 heavy (non-hydrogen) atoms. The zero-order valence-corrected chi connectivity index (χ0v) is 13.5. The molecule has 7 nitrogen and oxygen atoms in total. The van der Waals surface area contributed by atoms with E-state index in [4.69, 9.17) is 4.74 Å². The number of carbonyl (C=O) groups excluding carboxylic acids is 3. The van der Waals surface area contributed by atoms with Crippen LogP contribution in [0.5, 0.6) is 0 Å². The zero-order valence-electron chi connectivity index (χ0n) is 12.7. The standard InChI is InChI=1S/C16H15N3O4S/c20-13(19-16(22)17-10-5-6-10)9-23-15(21)8-7-14-18-11-3-1-2-4-12(11)24-14/h1-4,7-8,10H,5-6,9H2,(H2,17,19,20,22)/b8-7+. The van der Waals surface area contributed by atoms with Crippen LogP contribution in [0.1, 0.15) is 17.8 Å². The van der Waals surface area contributed by atoms with Crippen LogP contribution >= 0.6 is 11.3 Å². The topological polar surface area (TPSA) is 97.4 Å². The summed E-state index contributed by atoms with van der Waals surface area (Å²) in [7, 11) is 0. The Morgan fingerprint density at radius 3 is 2.83 bits per heavy atom. The molecule has 8 heteroatoms. The smallest absolute Gasteiger partial charge is 0.331 e. The van der Waals surface area contributed by atoms with Gasteiger partial charge in [-0.3, -0.25) is 10.1 Å². The predicted octanol–water partition coefficient (Wildman–Crippen LogP) is 1.84. The van der Waals surface area contributed by atoms with Gasteiger partial charge in [-0.05, 0) is 31.1 Å². The van der Waals surface area contributed by atoms with E-state index in [0.29, 0.717) is 5.01 Å². The lowest BCUT2D eigenvalue weighted by molar-refractivity contribution is -0.143. The molecular formula is C16H15N3O4S. The van der Waals surface area contributed by atoms with Gasteiger partial charge in [0.25, 0.3) is 5.91 Å². The van der Waals surface area contributed by atoms with Crippen molar-refractivity contribution in [3.8, 4) is 0 Å². The summed E-state index contributed by atoms with van der Waals surface area (Å²) in [5.41, 5.74) is 0.858. The minimum Gasteiger partial charge on any atom is -0.452 e. The Morgan fingerprint density at radius 1 is 1.29 bits per heavy atom. The number of para-hydroxylation sites is 1. The van der Waals surface area contributed by atoms with E-state index >= 15 is 0 Å². The van der Waals surface area contributed by atoms with E-state index in [1.54, 1.807) is 0 Å². The number of thiazole rings is 1. The Bertz CT molecular complexity index is 778. The molecule has 1 aromatic carbocycles. The third kappa shape index (κ3) is 4.63. The first-order valence-corrected chi connectivity index (χ1v) is 8.22. The molecule has 3 rings (SSSR count). The number of nitrogens with zero attached hydrogens (tertiary/aromatic N) is 1. The van der Waals surface area contributed by atoms with Gasteiger partial charge in [-0.15, -0.1) is 11.3 Å². The van der Waals surface area contributed by atoms with E-state index in [9.17, 15) is 14.4 Å². The molecule has 0 spiro atoms. The van der Waals surface area contributed by atoms with Crippen molar-refractivity contribution in [1.29, 1.82) is 0 Å². The fraction of sp³-hybridized carbons (Fsp3) is 0.250. The Morgan fingerprint density at radius 2 is 2.08 bits per heavy atom. The van der Waals surface area contributed by atoms with Crippen molar-refractivity contribution in [2.45, 2.75) is 18.9 Å². The fourth-order valence-electron chi connectivity index (χ4n) is 1.90. The maximum atomic E-state index is 11.6. The third-order valence-corrected chi connectivity index (χ3v) is 4.19. The van der Waals surface area contributed by atoms with Gasteiger partial charge in [0.2, 0.25) is 0 Å². The van der Waals surface area contributed by atoms with Crippen LogP contribution in [0.4, 0.5) is 4.79 Å². The Hall–Kier alpha value is -2.74. The van der Waals surface area contributed by atoms with Crippen molar-refractivity contribution in [3.05, 3.63) is 35.3 Å². The normalized spacial score (nSPS) is 13.8. The molecule has 0 unspecified atom stereocenters. The number of aromatic nitrogens is 1. The van der Waals surface area contributed by atoms with Crippen LogP contribution in [0.3, 0.4) is 0 Å². The lowest BCUT2D eigenvalue weighted by Gasteiger charge is -2.05. The highest BCUT2D eigenvalue weighted by Crippen LogP contribution is 2.22. The molecule has 1 fully saturated rings. The number of carbonyl (C=O) groups is 3. The Kier molecular flexibility index (Phi) is 4.85. The molecule has 1 aromatic heterocycles. The molecule has 0 bridgehead atoms. The van der Waals surface area contributed by atoms with Gasteiger partial charge in [0, 0.05) is 12.1 Å². The number of nitrogens with one attached hydrogen (secondary N) is 2. The first-order valence-electron chi connectivity index (χ1n) is 7.41. The van der Waals surface area contributed by atoms with Gasteiger partial charge in [-0.2, -0.15) is 0 Å². The van der Waals surface area contributed by atoms with E-state index < -0.39 is 24.5 Å². The number of hydrogen-bond donors (Lipinski definition) is 2. The first-order chi connectivity index (χ1) is 11.6. The highest BCUT2D eigenvalue weighted by molar-refractivity contribution is 7.19. The summed E-state index contributed by atoms with van der Waals surface area (Å²) in [5.74, 6) is -1.35. The quantitative estimate of drug-likeness (QED) is 0.636. The van der Waals surface area contributed by atoms with Gasteiger partial charge in [-0.25, -0.2) is 14.6 Å². The molecule has 2 N–H and O–H groups in total. The summed E-state index contributed by atoms with van der Waals surface area (Å²) in [4.78, 5) is 38.7. The average molecular weight is 345 g/mol. The minimum absolute atomic E-state index is 0.150. The van der Waals surface area contributed by atoms with Crippen LogP contribution in [0.15, 0.2) is 30.3 Å². The lowest BCUT2D eigenvalue weighted by Crippen LogP contribution is -2.42. The molecule has 1 aliphatic rings. The number of hydrogen-bond acceptors (Lipinski definition) is 6. The monoisotopic (exact) mass is 345 g/mol. The summed E-state index contributed by atoms with van der Waals surface area (Å²) in [6, 6.07) is 7.22. The van der Waals surface area contributed by atoms with Gasteiger partial charge in [0.05, 0.1) is 10.2 Å². The highest BCUT2D eigenvalue weighted by Gasteiger charge is 2.23. The summed E-state index contributed by atoms with van der Waals surface area (Å²) in [6.07, 6.45) is 4.58. The van der Waals surface area contributed by atoms with E-state index in [-0.39, 0.29) is 6.04 Å². The molecule has 0 saturated heterocycles. The number of ether oxygens (including phenoxy) is 1. The number of fused-ring (bicyclic) bond motifs is 1. The molecule has 2 aromatic rings. The van der Waals surface area contributed by atoms with Crippen molar-refractivity contribution < 1.29 is 19.1 Å². The average Bonchev–Trinajstić information content (AvgIpc) is 3.26. The lowest BCUT2D eigenvalue weighted by atomic mass is 10.3. The molecule has 0 atom stereocenters. The summed E-state index contributed by atoms with van der Waals surface area (Å²) >= 11 is 1.45. The number of esters is 1. The number of amides is 3. The van der Waals surface area contributed by atoms with Gasteiger partial charge in [-0.1, -0.05) is 12.1 Å². The molecule has 0 radical (unpaired) electrons. The van der Waals surface area contributed by atoms with Gasteiger partial charge >= 0.3 is 12.0 Å². The van der Waals surface area contributed by atoms with Crippen LogP contribution in [0.2, 0.25) is 0 Å². The van der Waals surface area contributed by atoms with Crippen LogP contribution in [0.25, 0.3) is 16.3 Å². The first kappa shape index (κ1) is 16.1. The number of imide groups is 1. The van der Waals surface area contributed by atoms with Crippen molar-refractivity contribution >= 4 is 45.5 Å². The number of benzene rings is 1. The zero-order chi connectivity index (χ0) is 16.9. The van der Waals surface area contributed by atoms with E-state index in [0.717, 1.165) is 23.1 Å². The molecule has 1 heterocycles. The summed E-state index contributed by atoms with van der Waals surface area (Å²) < 4.78 is 5.80. The molecule has 1 saturated carbocycles. The maximum Gasteiger partial charge on any atom is 0.331 e. The Balaban J connectivity index is 1.44. The van der Waals surface area contributed by atoms with Crippen molar-refractivity contribution in [2.75, 3.05) is 6.61 Å². The summed E-state index contributed by atoms with van der Waals surface area (Å²) in [5, 5.41) is 5.37. The summed E-state index contributed by atoms with van der Waals surface area (Å²) in [6.45, 7) is -0.513. The van der Waals surface area contributed by atoms with Gasteiger partial charge in [0.1, 0.15) is 5.01 Å². The SMILES string of the molecule is O=C(COC(=O)/C=C/c1nc2ccccc2s1)NC(=O)NC1CC1. The second-order valence-electron chi connectivity index (χ2n) is 5.26. The molecule has 0 aliphatic heterocycles. The van der Waals surface area contributed by atoms with E-state index in [1.807, 2.05) is 24.3 Å². The predicted molar refractivity (Wildman–Crippen MR) is 89.3 cm³/mol. The fourth-order valence-corrected chi connectivity index (χ4v) is 2.77. The van der Waals surface area contributed by atoms with Crippen LogP contribution in [0, 0.1) is 0 Å². The highest BCUT2D eigenvalue weighted by atomic mass is 32.1. The number of rotatable bonds is 5. The van der Waals surface area contributed by atoms with Gasteiger partial charge < -0.3 is 10.1 Å². The minimum atomic E-state index is -0.674. The second-order valence-corrected chi connectivity index (χ2v) is 6.32. The largest absolute Gasteiger partial charge is 0.452 e. The third-order valence-electron chi connectivity index (χ3n) is 3.18. The van der Waals surface area contributed by atoms with Crippen LogP contribution < -0.4 is 10.6 Å². The Labute approximate surface area is 141 Å². The van der Waals surface area contributed by atoms with Crippen LogP contribution in [-0.4, -0.2) is 35.5 Å². The van der Waals surface area contributed by atoms with Crippen LogP contribution in [-0.2, 0) is 14.3 Å². The molecular weight excluding hydrogens is 330 g/mol. The molecule has 124 valence electrons. The molecule has 3 amide bonds. The van der Waals surface area contributed by atoms with Crippen molar-refractivity contribution in [1.82, 2.24) is 15.6 Å². The van der Waals surface area contributed by atoms with Crippen molar-refractivity contribution in [3.63, 3.8) is 0 Å². The van der Waals surface area contributed by atoms with E-state index in [2.05, 4.69) is 15.6 Å². The van der Waals surface area contributed by atoms with E-state index in [1.165, 1.54) is 23.5 Å². The maximum absolute atomic E-state index is 11.6. The molecule has 1 aliphatic carbocycles.